The molecule has 0 saturated carbocycles. The van der Waals surface area contributed by atoms with Crippen molar-refractivity contribution in [2.75, 3.05) is 33.8 Å². The van der Waals surface area contributed by atoms with Crippen LogP contribution in [-0.4, -0.2) is 43.7 Å². The van der Waals surface area contributed by atoms with E-state index in [0.717, 1.165) is 31.8 Å². The molecule has 2 aromatic rings. The second-order valence-electron chi connectivity index (χ2n) is 6.45. The topological polar surface area (TPSA) is 40.3 Å². The van der Waals surface area contributed by atoms with E-state index in [4.69, 9.17) is 4.74 Å². The lowest BCUT2D eigenvalue weighted by Crippen LogP contribution is -2.53. The largest absolute Gasteiger partial charge is 0.497 e. The van der Waals surface area contributed by atoms with E-state index in [1.807, 2.05) is 6.07 Å². The molecule has 0 bridgehead atoms. The van der Waals surface area contributed by atoms with Crippen molar-refractivity contribution in [2.45, 2.75) is 24.8 Å². The fraction of sp³-hybridized carbons (Fsp3) is 0.529. The second kappa shape index (κ2) is 6.89. The van der Waals surface area contributed by atoms with E-state index in [1.54, 1.807) is 7.11 Å². The summed E-state index contributed by atoms with van der Waals surface area (Å²) in [4.78, 5) is 6.13. The van der Waals surface area contributed by atoms with Crippen LogP contribution in [0.5, 0.6) is 5.75 Å². The molecule has 1 spiro atoms. The number of methoxy groups -OCH3 is 1. The third kappa shape index (κ3) is 2.93. The van der Waals surface area contributed by atoms with Gasteiger partial charge in [-0.15, -0.1) is 24.8 Å². The summed E-state index contributed by atoms with van der Waals surface area (Å²) in [5.74, 6) is 0.945. The van der Waals surface area contributed by atoms with Gasteiger partial charge in [0.1, 0.15) is 5.75 Å². The molecule has 0 radical (unpaired) electrons. The molecule has 1 aromatic heterocycles. The van der Waals surface area contributed by atoms with Crippen molar-refractivity contribution in [3.63, 3.8) is 0 Å². The highest BCUT2D eigenvalue weighted by molar-refractivity contribution is 5.87. The van der Waals surface area contributed by atoms with Gasteiger partial charge in [-0.2, -0.15) is 0 Å². The Morgan fingerprint density at radius 3 is 2.61 bits per heavy atom. The smallest absolute Gasteiger partial charge is 0.119 e. The molecule has 128 valence electrons. The maximum Gasteiger partial charge on any atom is 0.119 e. The number of fused-ring (bicyclic) bond motifs is 4. The summed E-state index contributed by atoms with van der Waals surface area (Å²) in [7, 11) is 3.95. The quantitative estimate of drug-likeness (QED) is 0.823. The summed E-state index contributed by atoms with van der Waals surface area (Å²) in [5, 5.41) is 5.15. The lowest BCUT2D eigenvalue weighted by Gasteiger charge is -2.44. The fourth-order valence-electron chi connectivity index (χ4n) is 3.96. The van der Waals surface area contributed by atoms with E-state index in [-0.39, 0.29) is 30.4 Å². The SMILES string of the molecule is COc1ccc2[nH]c3c(c2c1)CCNC31CCN(C)CC1.Cl.Cl. The van der Waals surface area contributed by atoms with Crippen molar-refractivity contribution in [3.8, 4) is 5.75 Å². The number of likely N-dealkylation sites (tertiary alicyclic amines) is 1. The average molecular weight is 358 g/mol. The van der Waals surface area contributed by atoms with Gasteiger partial charge in [0, 0.05) is 23.1 Å². The molecule has 0 atom stereocenters. The second-order valence-corrected chi connectivity index (χ2v) is 6.45. The van der Waals surface area contributed by atoms with Gasteiger partial charge in [-0.3, -0.25) is 0 Å². The summed E-state index contributed by atoms with van der Waals surface area (Å²) in [6.45, 7) is 3.39. The molecule has 23 heavy (non-hydrogen) atoms. The van der Waals surface area contributed by atoms with Gasteiger partial charge in [0.05, 0.1) is 12.6 Å². The molecule has 2 N–H and O–H groups in total. The third-order valence-electron chi connectivity index (χ3n) is 5.27. The van der Waals surface area contributed by atoms with Crippen molar-refractivity contribution in [1.82, 2.24) is 15.2 Å². The molecule has 2 aliphatic rings. The number of benzene rings is 1. The Hall–Kier alpha value is -0.940. The van der Waals surface area contributed by atoms with Gasteiger partial charge in [-0.25, -0.2) is 0 Å². The number of hydrogen-bond donors (Lipinski definition) is 2. The molecule has 1 aromatic carbocycles. The van der Waals surface area contributed by atoms with Gasteiger partial charge in [0.25, 0.3) is 0 Å². The number of nitrogens with zero attached hydrogens (tertiary/aromatic N) is 1. The van der Waals surface area contributed by atoms with E-state index in [1.165, 1.54) is 35.0 Å². The number of piperidine rings is 1. The van der Waals surface area contributed by atoms with Crippen LogP contribution in [0.15, 0.2) is 18.2 Å². The molecular formula is C17H25Cl2N3O. The van der Waals surface area contributed by atoms with Crippen LogP contribution >= 0.6 is 24.8 Å². The zero-order valence-electron chi connectivity index (χ0n) is 13.6. The Morgan fingerprint density at radius 1 is 1.17 bits per heavy atom. The molecule has 1 fully saturated rings. The number of ether oxygens (including phenoxy) is 1. The number of halogens is 2. The van der Waals surface area contributed by atoms with E-state index in [9.17, 15) is 0 Å². The molecule has 0 unspecified atom stereocenters. The lowest BCUT2D eigenvalue weighted by molar-refractivity contribution is 0.147. The fourth-order valence-corrected chi connectivity index (χ4v) is 3.96. The Balaban J connectivity index is 0.000000960. The number of nitrogens with one attached hydrogen (secondary N) is 2. The highest BCUT2D eigenvalue weighted by atomic mass is 35.5. The monoisotopic (exact) mass is 357 g/mol. The molecule has 6 heteroatoms. The maximum absolute atomic E-state index is 5.40. The summed E-state index contributed by atoms with van der Waals surface area (Å²) < 4.78 is 5.40. The highest BCUT2D eigenvalue weighted by Gasteiger charge is 2.40. The normalized spacial score (nSPS) is 19.7. The van der Waals surface area contributed by atoms with E-state index in [2.05, 4.69) is 34.4 Å². The molecule has 4 nitrogen and oxygen atoms in total. The number of aromatic amines is 1. The standard InChI is InChI=1S/C17H23N3O.2ClH/c1-20-9-6-17(7-10-20)16-13(5-8-18-17)14-11-12(21-2)3-4-15(14)19-16;;/h3-4,11,18-19H,5-10H2,1-2H3;2*1H. The van der Waals surface area contributed by atoms with Crippen molar-refractivity contribution in [3.05, 3.63) is 29.5 Å². The first-order chi connectivity index (χ1) is 10.2. The van der Waals surface area contributed by atoms with Gasteiger partial charge >= 0.3 is 0 Å². The van der Waals surface area contributed by atoms with Gasteiger partial charge in [0.2, 0.25) is 0 Å². The number of aromatic nitrogens is 1. The van der Waals surface area contributed by atoms with Gasteiger partial charge in [-0.05, 0) is 63.2 Å². The van der Waals surface area contributed by atoms with Crippen molar-refractivity contribution in [1.29, 1.82) is 0 Å². The predicted octanol–water partition coefficient (Wildman–Crippen LogP) is 3.09. The van der Waals surface area contributed by atoms with Crippen LogP contribution in [0.25, 0.3) is 10.9 Å². The molecule has 0 aliphatic carbocycles. The first-order valence-corrected chi connectivity index (χ1v) is 7.84. The zero-order valence-corrected chi connectivity index (χ0v) is 15.3. The van der Waals surface area contributed by atoms with Crippen LogP contribution in [0.4, 0.5) is 0 Å². The molecule has 4 rings (SSSR count). The van der Waals surface area contributed by atoms with Crippen LogP contribution in [0.3, 0.4) is 0 Å². The number of hydrogen-bond acceptors (Lipinski definition) is 3. The average Bonchev–Trinajstić information content (AvgIpc) is 2.90. The number of H-pyrrole nitrogens is 1. The van der Waals surface area contributed by atoms with Gasteiger partial charge < -0.3 is 19.9 Å². The highest BCUT2D eigenvalue weighted by Crippen LogP contribution is 2.40. The van der Waals surface area contributed by atoms with Crippen molar-refractivity contribution < 1.29 is 4.74 Å². The molecule has 2 aliphatic heterocycles. The molecular weight excluding hydrogens is 333 g/mol. The van der Waals surface area contributed by atoms with Gasteiger partial charge in [0.15, 0.2) is 0 Å². The van der Waals surface area contributed by atoms with Gasteiger partial charge in [-0.1, -0.05) is 0 Å². The molecule has 3 heterocycles. The third-order valence-corrected chi connectivity index (χ3v) is 5.27. The van der Waals surface area contributed by atoms with Crippen LogP contribution in [0, 0.1) is 0 Å². The first-order valence-electron chi connectivity index (χ1n) is 7.84. The zero-order chi connectivity index (χ0) is 14.4. The van der Waals surface area contributed by atoms with Crippen LogP contribution < -0.4 is 10.1 Å². The van der Waals surface area contributed by atoms with E-state index in [0.29, 0.717) is 0 Å². The maximum atomic E-state index is 5.40. The van der Waals surface area contributed by atoms with E-state index < -0.39 is 0 Å². The first kappa shape index (κ1) is 18.4. The van der Waals surface area contributed by atoms with Crippen LogP contribution in [0.1, 0.15) is 24.1 Å². The predicted molar refractivity (Wildman–Crippen MR) is 99.5 cm³/mol. The minimum Gasteiger partial charge on any atom is -0.497 e. The summed E-state index contributed by atoms with van der Waals surface area (Å²) >= 11 is 0. The van der Waals surface area contributed by atoms with Crippen LogP contribution in [-0.2, 0) is 12.0 Å². The molecule has 0 amide bonds. The Kier molecular flexibility index (Phi) is 5.52. The lowest BCUT2D eigenvalue weighted by atomic mass is 9.79. The minimum absolute atomic E-state index is 0. The minimum atomic E-state index is 0. The Bertz CT molecular complexity index is 678. The van der Waals surface area contributed by atoms with Crippen molar-refractivity contribution in [2.24, 2.45) is 0 Å². The summed E-state index contributed by atoms with van der Waals surface area (Å²) in [6.07, 6.45) is 3.46. The van der Waals surface area contributed by atoms with Crippen molar-refractivity contribution >= 4 is 35.7 Å². The van der Waals surface area contributed by atoms with Crippen LogP contribution in [0.2, 0.25) is 0 Å². The summed E-state index contributed by atoms with van der Waals surface area (Å²) in [5.41, 5.74) is 4.30. The molecule has 1 saturated heterocycles. The van der Waals surface area contributed by atoms with E-state index >= 15 is 0 Å². The number of rotatable bonds is 1. The Morgan fingerprint density at radius 2 is 1.91 bits per heavy atom. The Labute approximate surface area is 149 Å². The summed E-state index contributed by atoms with van der Waals surface area (Å²) in [6, 6.07) is 6.37.